The minimum Gasteiger partial charge on any atom is -0.170 e. The Labute approximate surface area is 57.7 Å². The van der Waals surface area contributed by atoms with E-state index in [2.05, 4.69) is 0 Å². The monoisotopic (exact) mass is 150 g/mol. The van der Waals surface area contributed by atoms with Gasteiger partial charge in [0.15, 0.2) is 0 Å². The molecule has 0 aromatic rings. The van der Waals surface area contributed by atoms with Crippen molar-refractivity contribution in [1.82, 2.24) is 0 Å². The number of rotatable bonds is 2. The van der Waals surface area contributed by atoms with Gasteiger partial charge in [0.2, 0.25) is 0 Å². The van der Waals surface area contributed by atoms with Crippen molar-refractivity contribution < 1.29 is 13.2 Å². The van der Waals surface area contributed by atoms with Crippen LogP contribution in [-0.4, -0.2) is 6.18 Å². The largest absolute Gasteiger partial charge is 0.398 e. The quantitative estimate of drug-likeness (QED) is 0.531. The molecule has 58 valence electrons. The summed E-state index contributed by atoms with van der Waals surface area (Å²) >= 11 is 0. The Balaban J connectivity index is 2.29. The van der Waals surface area contributed by atoms with E-state index in [1.54, 1.807) is 0 Å². The third-order valence-electron chi connectivity index (χ3n) is 1.56. The molecule has 1 rings (SSSR count). The van der Waals surface area contributed by atoms with Crippen molar-refractivity contribution >= 4 is 0 Å². The molecule has 0 radical (unpaired) electrons. The summed E-state index contributed by atoms with van der Waals surface area (Å²) in [5.74, 6) is -1.17. The number of hydrogen-bond acceptors (Lipinski definition) is 0. The van der Waals surface area contributed by atoms with Gasteiger partial charge in [0.1, 0.15) is 0 Å². The molecule has 0 aliphatic heterocycles. The van der Waals surface area contributed by atoms with Crippen molar-refractivity contribution in [2.75, 3.05) is 0 Å². The zero-order valence-electron chi connectivity index (χ0n) is 5.70. The highest BCUT2D eigenvalue weighted by atomic mass is 19.4. The molecule has 10 heavy (non-hydrogen) atoms. The summed E-state index contributed by atoms with van der Waals surface area (Å²) in [5, 5.41) is 0. The van der Waals surface area contributed by atoms with Gasteiger partial charge in [0.25, 0.3) is 0 Å². The zero-order chi connectivity index (χ0) is 7.78. The third-order valence-corrected chi connectivity index (χ3v) is 1.56. The smallest absolute Gasteiger partial charge is 0.170 e. The van der Waals surface area contributed by atoms with Crippen molar-refractivity contribution in [2.24, 2.45) is 5.92 Å². The number of halogens is 3. The maximum Gasteiger partial charge on any atom is 0.398 e. The number of allylic oxidation sites excluding steroid dienone is 2. The van der Waals surface area contributed by atoms with Crippen LogP contribution in [0.3, 0.4) is 0 Å². The Morgan fingerprint density at radius 1 is 1.50 bits per heavy atom. The fraction of sp³-hybridized carbons (Fsp3) is 0.714. The molecule has 0 heterocycles. The van der Waals surface area contributed by atoms with Crippen molar-refractivity contribution in [3.05, 3.63) is 11.6 Å². The fourth-order valence-corrected chi connectivity index (χ4v) is 0.998. The lowest BCUT2D eigenvalue weighted by Gasteiger charge is -2.04. The first-order chi connectivity index (χ1) is 4.55. The average molecular weight is 150 g/mol. The molecule has 0 amide bonds. The maximum atomic E-state index is 11.8. The second-order valence-electron chi connectivity index (χ2n) is 2.51. The van der Waals surface area contributed by atoms with Crippen LogP contribution in [0.2, 0.25) is 0 Å². The highest BCUT2D eigenvalue weighted by molar-refractivity contribution is 5.31. The van der Waals surface area contributed by atoms with Gasteiger partial charge < -0.3 is 0 Å². The lowest BCUT2D eigenvalue weighted by molar-refractivity contribution is -0.142. The Hall–Kier alpha value is -0.470. The minimum atomic E-state index is -4.01. The summed E-state index contributed by atoms with van der Waals surface area (Å²) in [6, 6.07) is 0. The van der Waals surface area contributed by atoms with Crippen LogP contribution in [0, 0.1) is 5.92 Å². The highest BCUT2D eigenvalue weighted by Crippen LogP contribution is 2.45. The van der Waals surface area contributed by atoms with Gasteiger partial charge in [-0.25, -0.2) is 0 Å². The van der Waals surface area contributed by atoms with Crippen LogP contribution in [0.1, 0.15) is 19.8 Å². The second-order valence-corrected chi connectivity index (χ2v) is 2.51. The maximum absolute atomic E-state index is 11.8. The van der Waals surface area contributed by atoms with Gasteiger partial charge in [-0.05, 0) is 6.42 Å². The SMILES string of the molecule is CCCC1=C[C@@H]1C(F)(F)F. The average Bonchev–Trinajstić information content (AvgIpc) is 2.44. The first-order valence-electron chi connectivity index (χ1n) is 3.33. The van der Waals surface area contributed by atoms with E-state index in [0.717, 1.165) is 6.42 Å². The summed E-state index contributed by atoms with van der Waals surface area (Å²) in [7, 11) is 0. The Bertz CT molecular complexity index is 155. The molecule has 0 nitrogen and oxygen atoms in total. The summed E-state index contributed by atoms with van der Waals surface area (Å²) in [4.78, 5) is 0. The summed E-state index contributed by atoms with van der Waals surface area (Å²) in [6.07, 6.45) is -1.31. The van der Waals surface area contributed by atoms with Crippen LogP contribution in [0.25, 0.3) is 0 Å². The van der Waals surface area contributed by atoms with E-state index in [1.807, 2.05) is 6.92 Å². The lowest BCUT2D eigenvalue weighted by atomic mass is 10.2. The first kappa shape index (κ1) is 7.63. The fourth-order valence-electron chi connectivity index (χ4n) is 0.998. The molecule has 0 saturated carbocycles. The molecule has 0 aromatic heterocycles. The minimum absolute atomic E-state index is 0.565. The van der Waals surface area contributed by atoms with Crippen molar-refractivity contribution in [3.63, 3.8) is 0 Å². The molecular formula is C7H9F3. The Morgan fingerprint density at radius 2 is 2.10 bits per heavy atom. The van der Waals surface area contributed by atoms with E-state index in [4.69, 9.17) is 0 Å². The Morgan fingerprint density at radius 3 is 2.40 bits per heavy atom. The van der Waals surface area contributed by atoms with E-state index in [1.165, 1.54) is 6.08 Å². The predicted octanol–water partition coefficient (Wildman–Crippen LogP) is 2.91. The van der Waals surface area contributed by atoms with E-state index in [9.17, 15) is 13.2 Å². The summed E-state index contributed by atoms with van der Waals surface area (Å²) in [5.41, 5.74) is 0.565. The van der Waals surface area contributed by atoms with Crippen molar-refractivity contribution in [1.29, 1.82) is 0 Å². The van der Waals surface area contributed by atoms with Crippen LogP contribution in [-0.2, 0) is 0 Å². The van der Waals surface area contributed by atoms with Gasteiger partial charge in [-0.3, -0.25) is 0 Å². The van der Waals surface area contributed by atoms with Gasteiger partial charge >= 0.3 is 6.18 Å². The van der Waals surface area contributed by atoms with Gasteiger partial charge in [-0.1, -0.05) is 25.0 Å². The molecule has 1 aliphatic rings. The molecule has 3 heteroatoms. The molecule has 1 atom stereocenters. The first-order valence-corrected chi connectivity index (χ1v) is 3.33. The van der Waals surface area contributed by atoms with Crippen molar-refractivity contribution in [3.8, 4) is 0 Å². The predicted molar refractivity (Wildman–Crippen MR) is 32.5 cm³/mol. The van der Waals surface area contributed by atoms with E-state index >= 15 is 0 Å². The van der Waals surface area contributed by atoms with E-state index < -0.39 is 12.1 Å². The highest BCUT2D eigenvalue weighted by Gasteiger charge is 2.47. The van der Waals surface area contributed by atoms with Crippen LogP contribution >= 0.6 is 0 Å². The molecule has 0 fully saturated rings. The molecule has 0 N–H and O–H groups in total. The standard InChI is InChI=1S/C7H9F3/c1-2-3-5-4-6(5)7(8,9)10/h4,6H,2-3H2,1H3/t6-/m0/s1. The molecule has 0 bridgehead atoms. The summed E-state index contributed by atoms with van der Waals surface area (Å²) < 4.78 is 35.3. The van der Waals surface area contributed by atoms with Gasteiger partial charge in [-0.2, -0.15) is 13.2 Å². The topological polar surface area (TPSA) is 0 Å². The Kier molecular flexibility index (Phi) is 1.75. The van der Waals surface area contributed by atoms with E-state index in [-0.39, 0.29) is 0 Å². The lowest BCUT2D eigenvalue weighted by Crippen LogP contribution is -2.12. The third kappa shape index (κ3) is 1.52. The second kappa shape index (κ2) is 2.29. The summed E-state index contributed by atoms with van der Waals surface area (Å²) in [6.45, 7) is 1.88. The number of hydrogen-bond donors (Lipinski definition) is 0. The molecule has 0 aromatic carbocycles. The zero-order valence-corrected chi connectivity index (χ0v) is 5.70. The van der Waals surface area contributed by atoms with E-state index in [0.29, 0.717) is 12.0 Å². The molecule has 1 aliphatic carbocycles. The van der Waals surface area contributed by atoms with Gasteiger partial charge in [-0.15, -0.1) is 0 Å². The van der Waals surface area contributed by atoms with Crippen LogP contribution in [0.15, 0.2) is 11.6 Å². The molecule has 0 saturated heterocycles. The van der Waals surface area contributed by atoms with Crippen LogP contribution < -0.4 is 0 Å². The van der Waals surface area contributed by atoms with Gasteiger partial charge in [0.05, 0.1) is 5.92 Å². The van der Waals surface area contributed by atoms with Crippen LogP contribution in [0.5, 0.6) is 0 Å². The van der Waals surface area contributed by atoms with Crippen LogP contribution in [0.4, 0.5) is 13.2 Å². The number of alkyl halides is 3. The molecule has 0 unspecified atom stereocenters. The molecule has 0 spiro atoms. The van der Waals surface area contributed by atoms with Crippen molar-refractivity contribution in [2.45, 2.75) is 25.9 Å². The normalized spacial score (nSPS) is 24.4. The van der Waals surface area contributed by atoms with Gasteiger partial charge in [0, 0.05) is 0 Å². The molecular weight excluding hydrogens is 141 g/mol.